The van der Waals surface area contributed by atoms with Crippen molar-refractivity contribution in [2.45, 2.75) is 25.3 Å². The average Bonchev–Trinajstić information content (AvgIpc) is 2.79. The molecule has 98 valence electrons. The SMILES string of the molecule is CCCNCC(C)CSc1cc2ccccc2[nH]1. The lowest BCUT2D eigenvalue weighted by Crippen LogP contribution is -2.23. The maximum atomic E-state index is 3.47. The minimum absolute atomic E-state index is 0.702. The van der Waals surface area contributed by atoms with Gasteiger partial charge in [-0.1, -0.05) is 32.0 Å². The molecule has 0 saturated heterocycles. The van der Waals surface area contributed by atoms with Gasteiger partial charge >= 0.3 is 0 Å². The number of H-pyrrole nitrogens is 1. The molecule has 2 rings (SSSR count). The topological polar surface area (TPSA) is 27.8 Å². The van der Waals surface area contributed by atoms with Gasteiger partial charge in [-0.05, 0) is 37.6 Å². The Morgan fingerprint density at radius 3 is 2.94 bits per heavy atom. The van der Waals surface area contributed by atoms with Crippen LogP contribution in [0.15, 0.2) is 35.4 Å². The normalized spacial score (nSPS) is 13.0. The monoisotopic (exact) mass is 262 g/mol. The summed E-state index contributed by atoms with van der Waals surface area (Å²) in [5, 5.41) is 6.05. The van der Waals surface area contributed by atoms with Crippen LogP contribution in [0.2, 0.25) is 0 Å². The quantitative estimate of drug-likeness (QED) is 0.585. The molecule has 2 aromatic rings. The number of aromatic nitrogens is 1. The highest BCUT2D eigenvalue weighted by atomic mass is 32.2. The van der Waals surface area contributed by atoms with E-state index in [0.29, 0.717) is 5.92 Å². The van der Waals surface area contributed by atoms with E-state index in [4.69, 9.17) is 0 Å². The summed E-state index contributed by atoms with van der Waals surface area (Å²) >= 11 is 1.92. The van der Waals surface area contributed by atoms with Crippen molar-refractivity contribution in [1.29, 1.82) is 0 Å². The highest BCUT2D eigenvalue weighted by Gasteiger charge is 2.05. The Morgan fingerprint density at radius 1 is 1.33 bits per heavy atom. The maximum absolute atomic E-state index is 3.47. The van der Waals surface area contributed by atoms with Crippen LogP contribution in [0.5, 0.6) is 0 Å². The fourth-order valence-electron chi connectivity index (χ4n) is 1.94. The van der Waals surface area contributed by atoms with Crippen LogP contribution >= 0.6 is 11.8 Å². The predicted molar refractivity (Wildman–Crippen MR) is 81.3 cm³/mol. The second-order valence-electron chi connectivity index (χ2n) is 4.84. The molecule has 0 aliphatic rings. The summed E-state index contributed by atoms with van der Waals surface area (Å²) in [6.07, 6.45) is 1.21. The third-order valence-electron chi connectivity index (χ3n) is 2.95. The van der Waals surface area contributed by atoms with Crippen LogP contribution in [-0.4, -0.2) is 23.8 Å². The number of hydrogen-bond donors (Lipinski definition) is 2. The molecule has 1 unspecified atom stereocenters. The van der Waals surface area contributed by atoms with Gasteiger partial charge in [-0.3, -0.25) is 0 Å². The summed E-state index contributed by atoms with van der Waals surface area (Å²) in [5.41, 5.74) is 1.23. The van der Waals surface area contributed by atoms with Gasteiger partial charge in [0, 0.05) is 16.7 Å². The smallest absolute Gasteiger partial charge is 0.0732 e. The zero-order valence-corrected chi connectivity index (χ0v) is 12.0. The minimum Gasteiger partial charge on any atom is -0.350 e. The van der Waals surface area contributed by atoms with Crippen molar-refractivity contribution in [3.63, 3.8) is 0 Å². The average molecular weight is 262 g/mol. The molecular weight excluding hydrogens is 240 g/mol. The van der Waals surface area contributed by atoms with Crippen LogP contribution in [-0.2, 0) is 0 Å². The summed E-state index contributed by atoms with van der Waals surface area (Å²) in [6.45, 7) is 6.75. The van der Waals surface area contributed by atoms with E-state index < -0.39 is 0 Å². The summed E-state index contributed by atoms with van der Waals surface area (Å²) in [4.78, 5) is 3.46. The highest BCUT2D eigenvalue weighted by Crippen LogP contribution is 2.24. The van der Waals surface area contributed by atoms with E-state index in [1.807, 2.05) is 11.8 Å². The van der Waals surface area contributed by atoms with E-state index in [1.165, 1.54) is 22.3 Å². The first kappa shape index (κ1) is 13.5. The molecule has 1 aromatic carbocycles. The molecule has 0 saturated carbocycles. The molecular formula is C15H22N2S. The van der Waals surface area contributed by atoms with E-state index in [2.05, 4.69) is 54.5 Å². The molecule has 2 nitrogen and oxygen atoms in total. The molecule has 1 heterocycles. The Bertz CT molecular complexity index is 445. The largest absolute Gasteiger partial charge is 0.350 e. The number of nitrogens with one attached hydrogen (secondary N) is 2. The predicted octanol–water partition coefficient (Wildman–Crippen LogP) is 3.90. The summed E-state index contributed by atoms with van der Waals surface area (Å²) in [7, 11) is 0. The van der Waals surface area contributed by atoms with Crippen LogP contribution in [0.25, 0.3) is 10.9 Å². The zero-order chi connectivity index (χ0) is 12.8. The molecule has 18 heavy (non-hydrogen) atoms. The van der Waals surface area contributed by atoms with E-state index in [9.17, 15) is 0 Å². The second kappa shape index (κ2) is 6.86. The number of rotatable bonds is 7. The first-order chi connectivity index (χ1) is 8.79. The molecule has 3 heteroatoms. The summed E-state index contributed by atoms with van der Waals surface area (Å²) < 4.78 is 0. The number of benzene rings is 1. The van der Waals surface area contributed by atoms with Gasteiger partial charge in [0.2, 0.25) is 0 Å². The molecule has 0 fully saturated rings. The Morgan fingerprint density at radius 2 is 2.17 bits per heavy atom. The molecule has 2 N–H and O–H groups in total. The van der Waals surface area contributed by atoms with Crippen LogP contribution in [0.3, 0.4) is 0 Å². The van der Waals surface area contributed by atoms with Gasteiger partial charge in [0.05, 0.1) is 5.03 Å². The van der Waals surface area contributed by atoms with Gasteiger partial charge in [0.1, 0.15) is 0 Å². The molecule has 0 aliphatic heterocycles. The first-order valence-electron chi connectivity index (χ1n) is 6.71. The maximum Gasteiger partial charge on any atom is 0.0732 e. The van der Waals surface area contributed by atoms with Crippen molar-refractivity contribution in [3.05, 3.63) is 30.3 Å². The third-order valence-corrected chi connectivity index (χ3v) is 4.21. The van der Waals surface area contributed by atoms with Crippen molar-refractivity contribution < 1.29 is 0 Å². The standard InChI is InChI=1S/C15H22N2S/c1-3-8-16-10-12(2)11-18-15-9-13-6-4-5-7-14(13)17-15/h4-7,9,12,16-17H,3,8,10-11H2,1-2H3. The number of fused-ring (bicyclic) bond motifs is 1. The summed E-state index contributed by atoms with van der Waals surface area (Å²) in [6, 6.07) is 10.7. The Hall–Kier alpha value is -0.930. The van der Waals surface area contributed by atoms with Gasteiger partial charge in [-0.2, -0.15) is 0 Å². The van der Waals surface area contributed by atoms with Gasteiger partial charge < -0.3 is 10.3 Å². The fourth-order valence-corrected chi connectivity index (χ4v) is 2.92. The summed E-state index contributed by atoms with van der Waals surface area (Å²) in [5.74, 6) is 1.86. The fraction of sp³-hybridized carbons (Fsp3) is 0.467. The van der Waals surface area contributed by atoms with Gasteiger partial charge in [-0.25, -0.2) is 0 Å². The van der Waals surface area contributed by atoms with E-state index in [0.717, 1.165) is 18.8 Å². The van der Waals surface area contributed by atoms with Crippen molar-refractivity contribution in [2.24, 2.45) is 5.92 Å². The van der Waals surface area contributed by atoms with Crippen molar-refractivity contribution >= 4 is 22.7 Å². The Labute approximate surface area is 114 Å². The molecule has 1 aromatic heterocycles. The van der Waals surface area contributed by atoms with Gasteiger partial charge in [0.25, 0.3) is 0 Å². The van der Waals surface area contributed by atoms with E-state index in [-0.39, 0.29) is 0 Å². The zero-order valence-electron chi connectivity index (χ0n) is 11.2. The van der Waals surface area contributed by atoms with Gasteiger partial charge in [0.15, 0.2) is 0 Å². The second-order valence-corrected chi connectivity index (χ2v) is 5.90. The van der Waals surface area contributed by atoms with Crippen molar-refractivity contribution in [3.8, 4) is 0 Å². The van der Waals surface area contributed by atoms with E-state index in [1.54, 1.807) is 0 Å². The lowest BCUT2D eigenvalue weighted by Gasteiger charge is -2.10. The molecule has 0 spiro atoms. The highest BCUT2D eigenvalue weighted by molar-refractivity contribution is 7.99. The lowest BCUT2D eigenvalue weighted by molar-refractivity contribution is 0.557. The molecule has 0 aliphatic carbocycles. The molecule has 0 amide bonds. The number of hydrogen-bond acceptors (Lipinski definition) is 2. The number of thioether (sulfide) groups is 1. The minimum atomic E-state index is 0.702. The number of para-hydroxylation sites is 1. The van der Waals surface area contributed by atoms with Crippen LogP contribution in [0.4, 0.5) is 0 Å². The van der Waals surface area contributed by atoms with Crippen LogP contribution < -0.4 is 5.32 Å². The van der Waals surface area contributed by atoms with Gasteiger partial charge in [-0.15, -0.1) is 11.8 Å². The molecule has 0 radical (unpaired) electrons. The van der Waals surface area contributed by atoms with Crippen LogP contribution in [0.1, 0.15) is 20.3 Å². The Balaban J connectivity index is 1.82. The van der Waals surface area contributed by atoms with E-state index >= 15 is 0 Å². The Kier molecular flexibility index (Phi) is 5.14. The van der Waals surface area contributed by atoms with Crippen molar-refractivity contribution in [1.82, 2.24) is 10.3 Å². The number of aromatic amines is 1. The third kappa shape index (κ3) is 3.79. The van der Waals surface area contributed by atoms with Crippen LogP contribution in [0, 0.1) is 5.92 Å². The molecule has 0 bridgehead atoms. The first-order valence-corrected chi connectivity index (χ1v) is 7.69. The van der Waals surface area contributed by atoms with Crippen molar-refractivity contribution in [2.75, 3.05) is 18.8 Å². The molecule has 1 atom stereocenters. The lowest BCUT2D eigenvalue weighted by atomic mass is 10.2.